The first-order valence-corrected chi connectivity index (χ1v) is 12.7. The molecule has 0 bridgehead atoms. The molecule has 2 aromatic heterocycles. The number of nitrogens with zero attached hydrogens (tertiary/aromatic N) is 5. The number of hydrogen-bond acceptors (Lipinski definition) is 9. The van der Waals surface area contributed by atoms with Crippen LogP contribution in [0.15, 0.2) is 53.5 Å². The fourth-order valence-electron chi connectivity index (χ4n) is 4.12. The van der Waals surface area contributed by atoms with Crippen molar-refractivity contribution in [2.24, 2.45) is 0 Å². The number of benzene rings is 2. The van der Waals surface area contributed by atoms with Gasteiger partial charge in [0.1, 0.15) is 35.1 Å². The van der Waals surface area contributed by atoms with E-state index in [1.54, 1.807) is 43.2 Å². The van der Waals surface area contributed by atoms with Gasteiger partial charge in [-0.05, 0) is 56.4 Å². The first kappa shape index (κ1) is 26.9. The third kappa shape index (κ3) is 6.03. The molecule has 0 saturated heterocycles. The number of fused-ring (bicyclic) bond motifs is 1. The molecule has 0 aliphatic carbocycles. The summed E-state index contributed by atoms with van der Waals surface area (Å²) in [6.07, 6.45) is 1.61. The maximum absolute atomic E-state index is 13.4. The normalized spacial score (nSPS) is 11.1. The monoisotopic (exact) mass is 518 g/mol. The lowest BCUT2D eigenvalue weighted by Gasteiger charge is -2.18. The molecular weight excluding hydrogens is 484 g/mol. The maximum atomic E-state index is 13.4. The molecule has 4 rings (SSSR count). The van der Waals surface area contributed by atoms with Gasteiger partial charge in [-0.15, -0.1) is 0 Å². The molecule has 0 amide bonds. The smallest absolute Gasteiger partial charge is 0.278 e. The van der Waals surface area contributed by atoms with E-state index in [1.165, 1.54) is 0 Å². The Labute approximate surface area is 222 Å². The molecule has 0 aliphatic rings. The number of hydrogen-bond donors (Lipinski definition) is 1. The van der Waals surface area contributed by atoms with Crippen molar-refractivity contribution < 1.29 is 14.2 Å². The number of rotatable bonds is 12. The molecule has 10 nitrogen and oxygen atoms in total. The zero-order chi connectivity index (χ0) is 27.1. The van der Waals surface area contributed by atoms with Crippen LogP contribution in [0, 0.1) is 0 Å². The molecule has 0 unspecified atom stereocenters. The van der Waals surface area contributed by atoms with E-state index in [9.17, 15) is 4.79 Å². The second kappa shape index (κ2) is 12.4. The predicted molar refractivity (Wildman–Crippen MR) is 149 cm³/mol. The number of likely N-dealkylation sites (N-methyl/N-ethyl adjacent to an activating group) is 1. The van der Waals surface area contributed by atoms with Crippen molar-refractivity contribution in [1.29, 1.82) is 0 Å². The largest absolute Gasteiger partial charge is 0.497 e. The molecule has 4 aromatic rings. The van der Waals surface area contributed by atoms with Crippen molar-refractivity contribution in [2.75, 3.05) is 45.8 Å². The van der Waals surface area contributed by atoms with Gasteiger partial charge in [0.25, 0.3) is 5.56 Å². The van der Waals surface area contributed by atoms with E-state index in [4.69, 9.17) is 14.2 Å². The van der Waals surface area contributed by atoms with E-state index in [0.29, 0.717) is 47.3 Å². The minimum absolute atomic E-state index is 0.258. The zero-order valence-corrected chi connectivity index (χ0v) is 22.5. The first-order chi connectivity index (χ1) is 18.5. The van der Waals surface area contributed by atoms with Gasteiger partial charge in [-0.1, -0.05) is 13.8 Å². The van der Waals surface area contributed by atoms with Gasteiger partial charge < -0.3 is 24.4 Å². The summed E-state index contributed by atoms with van der Waals surface area (Å²) in [5.41, 5.74) is 2.37. The Hall–Kier alpha value is -4.18. The van der Waals surface area contributed by atoms with Crippen LogP contribution in [0.25, 0.3) is 22.4 Å². The Kier molecular flexibility index (Phi) is 8.75. The third-order valence-electron chi connectivity index (χ3n) is 6.31. The second-order valence-corrected chi connectivity index (χ2v) is 8.54. The number of aryl methyl sites for hydroxylation is 1. The van der Waals surface area contributed by atoms with Gasteiger partial charge >= 0.3 is 0 Å². The summed E-state index contributed by atoms with van der Waals surface area (Å²) in [5.74, 6) is 2.30. The Morgan fingerprint density at radius 1 is 0.921 bits per heavy atom. The third-order valence-corrected chi connectivity index (χ3v) is 6.31. The van der Waals surface area contributed by atoms with Crippen molar-refractivity contribution in [3.63, 3.8) is 0 Å². The Bertz CT molecular complexity index is 1410. The van der Waals surface area contributed by atoms with Crippen LogP contribution < -0.4 is 25.1 Å². The number of aromatic nitrogens is 4. The van der Waals surface area contributed by atoms with Crippen LogP contribution in [0.3, 0.4) is 0 Å². The highest BCUT2D eigenvalue weighted by molar-refractivity contribution is 5.76. The average molecular weight is 519 g/mol. The average Bonchev–Trinajstić information content (AvgIpc) is 2.95. The summed E-state index contributed by atoms with van der Waals surface area (Å²) in [6.45, 7) is 10.1. The molecule has 0 aliphatic heterocycles. The molecule has 0 fully saturated rings. The summed E-state index contributed by atoms with van der Waals surface area (Å²) >= 11 is 0. The van der Waals surface area contributed by atoms with Crippen LogP contribution in [-0.2, 0) is 6.54 Å². The van der Waals surface area contributed by atoms with Crippen LogP contribution in [-0.4, -0.2) is 64.9 Å². The molecule has 38 heavy (non-hydrogen) atoms. The number of nitrogens with one attached hydrogen (secondary N) is 1. The highest BCUT2D eigenvalue weighted by atomic mass is 16.5. The van der Waals surface area contributed by atoms with E-state index in [0.717, 1.165) is 31.1 Å². The van der Waals surface area contributed by atoms with Crippen LogP contribution in [0.2, 0.25) is 0 Å². The van der Waals surface area contributed by atoms with Crippen molar-refractivity contribution >= 4 is 22.8 Å². The Morgan fingerprint density at radius 2 is 1.61 bits per heavy atom. The first-order valence-electron chi connectivity index (χ1n) is 12.7. The molecule has 0 radical (unpaired) electrons. The van der Waals surface area contributed by atoms with Gasteiger partial charge in [0.15, 0.2) is 5.65 Å². The summed E-state index contributed by atoms with van der Waals surface area (Å²) in [6, 6.07) is 12.9. The van der Waals surface area contributed by atoms with Crippen LogP contribution in [0.4, 0.5) is 11.6 Å². The van der Waals surface area contributed by atoms with E-state index < -0.39 is 0 Å². The van der Waals surface area contributed by atoms with Crippen molar-refractivity contribution in [3.8, 4) is 28.5 Å². The maximum Gasteiger partial charge on any atom is 0.278 e. The standard InChI is InChI=1S/C28H34N6O4/c1-6-33(7-2)13-14-38-21-11-9-20(10-12-21)30-28-29-18-24-26(32-28)34(8-3)27(35)25(31-24)19-15-22(36-4)17-23(16-19)37-5/h9-12,15-18H,6-8,13-14H2,1-5H3,(H,29,30,32). The lowest BCUT2D eigenvalue weighted by atomic mass is 10.1. The summed E-state index contributed by atoms with van der Waals surface area (Å²) < 4.78 is 18.2. The van der Waals surface area contributed by atoms with Gasteiger partial charge in [-0.2, -0.15) is 4.98 Å². The number of ether oxygens (including phenoxy) is 3. The molecule has 0 saturated carbocycles. The number of anilines is 2. The van der Waals surface area contributed by atoms with Crippen molar-refractivity contribution in [3.05, 3.63) is 59.0 Å². The van der Waals surface area contributed by atoms with Crippen LogP contribution in [0.1, 0.15) is 20.8 Å². The molecular formula is C28H34N6O4. The van der Waals surface area contributed by atoms with E-state index in [2.05, 4.69) is 39.0 Å². The lowest BCUT2D eigenvalue weighted by molar-refractivity contribution is 0.223. The Morgan fingerprint density at radius 3 is 2.21 bits per heavy atom. The highest BCUT2D eigenvalue weighted by Crippen LogP contribution is 2.28. The fourth-order valence-corrected chi connectivity index (χ4v) is 4.12. The molecule has 0 atom stereocenters. The molecule has 0 spiro atoms. The van der Waals surface area contributed by atoms with Gasteiger partial charge in [-0.25, -0.2) is 9.97 Å². The Balaban J connectivity index is 1.57. The molecule has 1 N–H and O–H groups in total. The van der Waals surface area contributed by atoms with E-state index in [-0.39, 0.29) is 11.3 Å². The van der Waals surface area contributed by atoms with Crippen LogP contribution >= 0.6 is 0 Å². The minimum Gasteiger partial charge on any atom is -0.497 e. The quantitative estimate of drug-likeness (QED) is 0.293. The summed E-state index contributed by atoms with van der Waals surface area (Å²) in [5, 5.41) is 3.20. The van der Waals surface area contributed by atoms with E-state index >= 15 is 0 Å². The molecule has 10 heteroatoms. The topological polar surface area (TPSA) is 104 Å². The molecule has 2 heterocycles. The van der Waals surface area contributed by atoms with Gasteiger partial charge in [-0.3, -0.25) is 9.36 Å². The van der Waals surface area contributed by atoms with Gasteiger partial charge in [0.2, 0.25) is 5.95 Å². The fraction of sp³-hybridized carbons (Fsp3) is 0.357. The van der Waals surface area contributed by atoms with Crippen molar-refractivity contribution in [1.82, 2.24) is 24.4 Å². The SMILES string of the molecule is CCN(CC)CCOc1ccc(Nc2ncc3nc(-c4cc(OC)cc(OC)c4)c(=O)n(CC)c3n2)cc1. The van der Waals surface area contributed by atoms with Crippen LogP contribution in [0.5, 0.6) is 17.2 Å². The zero-order valence-electron chi connectivity index (χ0n) is 22.5. The summed E-state index contributed by atoms with van der Waals surface area (Å²) in [7, 11) is 3.13. The molecule has 200 valence electrons. The molecule has 2 aromatic carbocycles. The minimum atomic E-state index is -0.258. The number of methoxy groups -OCH3 is 2. The van der Waals surface area contributed by atoms with Crippen molar-refractivity contribution in [2.45, 2.75) is 27.3 Å². The second-order valence-electron chi connectivity index (χ2n) is 8.54. The van der Waals surface area contributed by atoms with E-state index in [1.807, 2.05) is 31.2 Å². The van der Waals surface area contributed by atoms with Gasteiger partial charge in [0.05, 0.1) is 20.4 Å². The summed E-state index contributed by atoms with van der Waals surface area (Å²) in [4.78, 5) is 29.4. The lowest BCUT2D eigenvalue weighted by Crippen LogP contribution is -2.27. The van der Waals surface area contributed by atoms with Gasteiger partial charge in [0, 0.05) is 30.4 Å². The highest BCUT2D eigenvalue weighted by Gasteiger charge is 2.16. The predicted octanol–water partition coefficient (Wildman–Crippen LogP) is 4.35.